The molecule has 0 radical (unpaired) electrons. The zero-order valence-electron chi connectivity index (χ0n) is 18.6. The molecule has 2 amide bonds. The van der Waals surface area contributed by atoms with Gasteiger partial charge in [-0.1, -0.05) is 23.7 Å². The predicted octanol–water partition coefficient (Wildman–Crippen LogP) is 4.97. The summed E-state index contributed by atoms with van der Waals surface area (Å²) in [4.78, 5) is 34.3. The van der Waals surface area contributed by atoms with Gasteiger partial charge in [-0.05, 0) is 73.5 Å². The molecule has 0 unspecified atom stereocenters. The number of carbonyl (C=O) groups is 2. The van der Waals surface area contributed by atoms with Crippen LogP contribution in [0.2, 0.25) is 5.02 Å². The highest BCUT2D eigenvalue weighted by Gasteiger charge is 2.39. The quantitative estimate of drug-likeness (QED) is 0.480. The third-order valence-electron chi connectivity index (χ3n) is 5.66. The first kappa shape index (κ1) is 22.6. The molecule has 1 aliphatic rings. The van der Waals surface area contributed by atoms with Gasteiger partial charge in [-0.25, -0.2) is 0 Å². The molecular formula is C26H25ClN4O2. The number of benzene rings is 2. The van der Waals surface area contributed by atoms with Gasteiger partial charge in [-0.3, -0.25) is 19.5 Å². The van der Waals surface area contributed by atoms with Gasteiger partial charge in [-0.2, -0.15) is 0 Å². The van der Waals surface area contributed by atoms with Crippen molar-refractivity contribution in [1.29, 1.82) is 0 Å². The zero-order valence-corrected chi connectivity index (χ0v) is 19.3. The fourth-order valence-corrected chi connectivity index (χ4v) is 4.01. The molecule has 168 valence electrons. The van der Waals surface area contributed by atoms with Crippen molar-refractivity contribution in [2.24, 2.45) is 0 Å². The first-order valence-electron chi connectivity index (χ1n) is 10.9. The van der Waals surface area contributed by atoms with Crippen LogP contribution in [-0.2, 0) is 16.1 Å². The van der Waals surface area contributed by atoms with Gasteiger partial charge >= 0.3 is 0 Å². The van der Waals surface area contributed by atoms with E-state index in [0.29, 0.717) is 16.2 Å². The Morgan fingerprint density at radius 1 is 0.879 bits per heavy atom. The molecule has 0 bridgehead atoms. The molecule has 4 rings (SSSR count). The van der Waals surface area contributed by atoms with Crippen molar-refractivity contribution in [2.75, 3.05) is 23.3 Å². The van der Waals surface area contributed by atoms with Gasteiger partial charge in [-0.15, -0.1) is 0 Å². The van der Waals surface area contributed by atoms with Crippen LogP contribution in [0.3, 0.4) is 0 Å². The van der Waals surface area contributed by atoms with Crippen LogP contribution < -0.4 is 10.2 Å². The second kappa shape index (κ2) is 9.88. The SMILES string of the molecule is CCN(CC)c1ccc(NC2=C(c3ccc(Cl)cc3)C(=O)N(Cc3ccncc3)C2=O)cc1. The molecule has 1 aliphatic heterocycles. The Balaban J connectivity index is 1.68. The van der Waals surface area contributed by atoms with Crippen LogP contribution in [-0.4, -0.2) is 34.8 Å². The Morgan fingerprint density at radius 3 is 2.12 bits per heavy atom. The van der Waals surface area contributed by atoms with E-state index in [1.807, 2.05) is 24.3 Å². The van der Waals surface area contributed by atoms with Crippen LogP contribution in [0.15, 0.2) is 78.8 Å². The van der Waals surface area contributed by atoms with E-state index in [4.69, 9.17) is 11.6 Å². The summed E-state index contributed by atoms with van der Waals surface area (Å²) in [5.41, 5.74) is 3.89. The standard InChI is InChI=1S/C26H25ClN4O2/c1-3-30(4-2)22-11-9-21(10-12-22)29-24-23(19-5-7-20(27)8-6-19)25(32)31(26(24)33)17-18-13-15-28-16-14-18/h5-16,29H,3-4,17H2,1-2H3. The lowest BCUT2D eigenvalue weighted by Gasteiger charge is -2.21. The molecule has 33 heavy (non-hydrogen) atoms. The second-order valence-electron chi connectivity index (χ2n) is 7.65. The summed E-state index contributed by atoms with van der Waals surface area (Å²) in [6.07, 6.45) is 3.29. The van der Waals surface area contributed by atoms with E-state index in [-0.39, 0.29) is 24.1 Å². The Hall–Kier alpha value is -3.64. The van der Waals surface area contributed by atoms with Gasteiger partial charge in [0.1, 0.15) is 5.70 Å². The van der Waals surface area contributed by atoms with Crippen molar-refractivity contribution in [1.82, 2.24) is 9.88 Å². The minimum absolute atomic E-state index is 0.170. The molecule has 0 atom stereocenters. The van der Waals surface area contributed by atoms with Crippen molar-refractivity contribution in [2.45, 2.75) is 20.4 Å². The molecule has 1 N–H and O–H groups in total. The van der Waals surface area contributed by atoms with Crippen LogP contribution in [0, 0.1) is 0 Å². The van der Waals surface area contributed by atoms with E-state index in [9.17, 15) is 9.59 Å². The number of nitrogens with one attached hydrogen (secondary N) is 1. The van der Waals surface area contributed by atoms with E-state index >= 15 is 0 Å². The van der Waals surface area contributed by atoms with E-state index in [1.165, 1.54) is 4.90 Å². The summed E-state index contributed by atoms with van der Waals surface area (Å²) in [6, 6.07) is 18.4. The van der Waals surface area contributed by atoms with Crippen molar-refractivity contribution in [3.05, 3.63) is 94.9 Å². The molecule has 0 fully saturated rings. The van der Waals surface area contributed by atoms with Gasteiger partial charge in [0.25, 0.3) is 11.8 Å². The number of hydrogen-bond acceptors (Lipinski definition) is 5. The smallest absolute Gasteiger partial charge is 0.278 e. The summed E-state index contributed by atoms with van der Waals surface area (Å²) >= 11 is 6.05. The fraction of sp³-hybridized carbons (Fsp3) is 0.192. The van der Waals surface area contributed by atoms with Crippen molar-refractivity contribution in [3.63, 3.8) is 0 Å². The molecule has 7 heteroatoms. The van der Waals surface area contributed by atoms with Crippen LogP contribution in [0.25, 0.3) is 5.57 Å². The minimum atomic E-state index is -0.366. The Bertz CT molecular complexity index is 1170. The van der Waals surface area contributed by atoms with Crippen molar-refractivity contribution >= 4 is 40.4 Å². The summed E-state index contributed by atoms with van der Waals surface area (Å²) in [7, 11) is 0. The maximum absolute atomic E-state index is 13.4. The summed E-state index contributed by atoms with van der Waals surface area (Å²) < 4.78 is 0. The van der Waals surface area contributed by atoms with Crippen LogP contribution in [0.4, 0.5) is 11.4 Å². The number of hydrogen-bond donors (Lipinski definition) is 1. The average molecular weight is 461 g/mol. The van der Waals surface area contributed by atoms with Crippen molar-refractivity contribution < 1.29 is 9.59 Å². The van der Waals surface area contributed by atoms with E-state index < -0.39 is 0 Å². The van der Waals surface area contributed by atoms with Gasteiger partial charge in [0.2, 0.25) is 0 Å². The number of anilines is 2. The fourth-order valence-electron chi connectivity index (χ4n) is 3.88. The molecule has 2 heterocycles. The molecule has 0 saturated heterocycles. The van der Waals surface area contributed by atoms with E-state index in [1.54, 1.807) is 48.8 Å². The number of imide groups is 1. The summed E-state index contributed by atoms with van der Waals surface area (Å²) in [5, 5.41) is 3.77. The van der Waals surface area contributed by atoms with E-state index in [2.05, 4.69) is 29.0 Å². The van der Waals surface area contributed by atoms with Gasteiger partial charge in [0, 0.05) is 41.9 Å². The lowest BCUT2D eigenvalue weighted by atomic mass is 10.0. The Kier molecular flexibility index (Phi) is 6.75. The lowest BCUT2D eigenvalue weighted by Crippen LogP contribution is -2.32. The lowest BCUT2D eigenvalue weighted by molar-refractivity contribution is -0.137. The summed E-state index contributed by atoms with van der Waals surface area (Å²) in [6.45, 7) is 6.21. The van der Waals surface area contributed by atoms with Gasteiger partial charge in [0.05, 0.1) is 12.1 Å². The number of rotatable bonds is 8. The Labute approximate surface area is 198 Å². The minimum Gasteiger partial charge on any atom is -0.372 e. The number of nitrogens with zero attached hydrogens (tertiary/aromatic N) is 3. The maximum Gasteiger partial charge on any atom is 0.278 e. The third kappa shape index (κ3) is 4.76. The highest BCUT2D eigenvalue weighted by Crippen LogP contribution is 2.32. The van der Waals surface area contributed by atoms with Crippen LogP contribution in [0.5, 0.6) is 0 Å². The topological polar surface area (TPSA) is 65.5 Å². The van der Waals surface area contributed by atoms with Gasteiger partial charge < -0.3 is 10.2 Å². The molecule has 0 aliphatic carbocycles. The van der Waals surface area contributed by atoms with E-state index in [0.717, 1.165) is 30.0 Å². The Morgan fingerprint density at radius 2 is 1.52 bits per heavy atom. The number of amides is 2. The normalized spacial score (nSPS) is 13.6. The summed E-state index contributed by atoms with van der Waals surface area (Å²) in [5.74, 6) is -0.712. The first-order chi connectivity index (χ1) is 16.0. The number of halogens is 1. The highest BCUT2D eigenvalue weighted by atomic mass is 35.5. The average Bonchev–Trinajstić information content (AvgIpc) is 3.06. The van der Waals surface area contributed by atoms with Crippen LogP contribution >= 0.6 is 11.6 Å². The third-order valence-corrected chi connectivity index (χ3v) is 5.91. The number of aromatic nitrogens is 1. The molecule has 1 aromatic heterocycles. The zero-order chi connectivity index (χ0) is 23.4. The molecule has 3 aromatic rings. The van der Waals surface area contributed by atoms with Gasteiger partial charge in [0.15, 0.2) is 0 Å². The molecule has 6 nitrogen and oxygen atoms in total. The molecule has 0 spiro atoms. The highest BCUT2D eigenvalue weighted by molar-refractivity contribution is 6.36. The largest absolute Gasteiger partial charge is 0.372 e. The number of carbonyl (C=O) groups excluding carboxylic acids is 2. The maximum atomic E-state index is 13.4. The van der Waals surface area contributed by atoms with Crippen molar-refractivity contribution in [3.8, 4) is 0 Å². The molecular weight excluding hydrogens is 436 g/mol. The molecule has 2 aromatic carbocycles. The second-order valence-corrected chi connectivity index (χ2v) is 8.09. The van der Waals surface area contributed by atoms with Crippen LogP contribution in [0.1, 0.15) is 25.0 Å². The predicted molar refractivity (Wildman–Crippen MR) is 132 cm³/mol. The molecule has 0 saturated carbocycles. The number of pyridine rings is 1. The first-order valence-corrected chi connectivity index (χ1v) is 11.3. The monoisotopic (exact) mass is 460 g/mol.